The van der Waals surface area contributed by atoms with Crippen LogP contribution in [0.25, 0.3) is 0 Å². The molecule has 6 nitrogen and oxygen atoms in total. The Labute approximate surface area is 172 Å². The van der Waals surface area contributed by atoms with E-state index in [2.05, 4.69) is 15.2 Å². The molecule has 148 valence electrons. The number of hydrogen-bond acceptors (Lipinski definition) is 5. The van der Waals surface area contributed by atoms with Crippen molar-refractivity contribution >= 4 is 47.9 Å². The Hall–Kier alpha value is -2.18. The zero-order chi connectivity index (χ0) is 17.6. The van der Waals surface area contributed by atoms with Crippen LogP contribution in [0.15, 0.2) is 36.5 Å². The molecule has 2 heterocycles. The lowest BCUT2D eigenvalue weighted by molar-refractivity contribution is 0.102. The van der Waals surface area contributed by atoms with Gasteiger partial charge in [0.2, 0.25) is 0 Å². The number of nitrogen functional groups attached to an aromatic ring is 1. The third kappa shape index (κ3) is 5.91. The number of carbonyl (C=O) groups is 1. The Kier molecular flexibility index (Phi) is 9.18. The summed E-state index contributed by atoms with van der Waals surface area (Å²) >= 11 is 0. The zero-order valence-electron chi connectivity index (χ0n) is 15.3. The molecule has 1 aliphatic rings. The maximum atomic E-state index is 12.4. The second-order valence-corrected chi connectivity index (χ2v) is 6.22. The van der Waals surface area contributed by atoms with E-state index in [4.69, 9.17) is 10.5 Å². The van der Waals surface area contributed by atoms with Crippen LogP contribution >= 0.6 is 24.8 Å². The van der Waals surface area contributed by atoms with E-state index in [0.29, 0.717) is 22.7 Å². The lowest BCUT2D eigenvalue weighted by Gasteiger charge is -2.21. The first-order chi connectivity index (χ1) is 12.2. The maximum absolute atomic E-state index is 12.4. The molecule has 27 heavy (non-hydrogen) atoms. The number of halogens is 2. The van der Waals surface area contributed by atoms with Crippen LogP contribution in [0.5, 0.6) is 5.75 Å². The Balaban J connectivity index is 0.00000182. The minimum absolute atomic E-state index is 0. The second kappa shape index (κ2) is 10.8. The lowest BCUT2D eigenvalue weighted by atomic mass is 10.2. The first kappa shape index (κ1) is 22.9. The van der Waals surface area contributed by atoms with E-state index < -0.39 is 0 Å². The molecule has 0 saturated carbocycles. The van der Waals surface area contributed by atoms with Crippen molar-refractivity contribution in [2.45, 2.75) is 25.7 Å². The molecule has 0 unspecified atom stereocenters. The van der Waals surface area contributed by atoms with Gasteiger partial charge in [-0.15, -0.1) is 24.8 Å². The minimum Gasteiger partial charge on any atom is -0.495 e. The summed E-state index contributed by atoms with van der Waals surface area (Å²) < 4.78 is 5.12. The molecule has 1 amide bonds. The molecule has 1 fully saturated rings. The zero-order valence-corrected chi connectivity index (χ0v) is 16.9. The number of benzene rings is 1. The van der Waals surface area contributed by atoms with Crippen molar-refractivity contribution in [3.05, 3.63) is 42.1 Å². The maximum Gasteiger partial charge on any atom is 0.257 e. The van der Waals surface area contributed by atoms with Gasteiger partial charge >= 0.3 is 0 Å². The number of nitrogens with two attached hydrogens (primary N) is 1. The number of anilines is 3. The van der Waals surface area contributed by atoms with Crippen LogP contribution in [0, 0.1) is 0 Å². The number of ether oxygens (including phenoxy) is 1. The number of hydrogen-bond donors (Lipinski definition) is 2. The molecule has 1 aromatic heterocycles. The number of pyridine rings is 1. The summed E-state index contributed by atoms with van der Waals surface area (Å²) in [4.78, 5) is 19.1. The summed E-state index contributed by atoms with van der Waals surface area (Å²) in [6, 6.07) is 8.89. The molecule has 3 rings (SSSR count). The fraction of sp³-hybridized carbons (Fsp3) is 0.368. The average Bonchev–Trinajstić information content (AvgIpc) is 2.91. The Morgan fingerprint density at radius 1 is 1.11 bits per heavy atom. The molecule has 3 N–H and O–H groups in total. The van der Waals surface area contributed by atoms with Gasteiger partial charge in [0.15, 0.2) is 0 Å². The van der Waals surface area contributed by atoms with Gasteiger partial charge in [-0.3, -0.25) is 4.79 Å². The number of methoxy groups -OCH3 is 1. The summed E-state index contributed by atoms with van der Waals surface area (Å²) in [5, 5.41) is 2.83. The predicted molar refractivity (Wildman–Crippen MR) is 115 cm³/mol. The van der Waals surface area contributed by atoms with Crippen molar-refractivity contribution in [1.29, 1.82) is 0 Å². The van der Waals surface area contributed by atoms with E-state index in [9.17, 15) is 4.79 Å². The van der Waals surface area contributed by atoms with Crippen molar-refractivity contribution in [2.24, 2.45) is 0 Å². The number of nitrogens with one attached hydrogen (secondary N) is 1. The smallest absolute Gasteiger partial charge is 0.257 e. The first-order valence-electron chi connectivity index (χ1n) is 8.63. The normalized spacial score (nSPS) is 13.6. The predicted octanol–water partition coefficient (Wildman–Crippen LogP) is 4.15. The van der Waals surface area contributed by atoms with Gasteiger partial charge in [-0.2, -0.15) is 0 Å². The van der Waals surface area contributed by atoms with E-state index in [1.54, 1.807) is 31.5 Å². The molecular formula is C19H26Cl2N4O2. The SMILES string of the molecule is COc1ccc(NC(=O)c2ccc(N3CCCCCC3)nc2)cc1N.Cl.Cl. The molecule has 0 radical (unpaired) electrons. The van der Waals surface area contributed by atoms with E-state index in [1.165, 1.54) is 25.7 Å². The Bertz CT molecular complexity index is 733. The highest BCUT2D eigenvalue weighted by Gasteiger charge is 2.13. The third-order valence-electron chi connectivity index (χ3n) is 4.43. The Morgan fingerprint density at radius 3 is 2.37 bits per heavy atom. The van der Waals surface area contributed by atoms with Gasteiger partial charge in [-0.05, 0) is 43.2 Å². The van der Waals surface area contributed by atoms with Gasteiger partial charge in [0.05, 0.1) is 18.4 Å². The number of aromatic nitrogens is 1. The van der Waals surface area contributed by atoms with Gasteiger partial charge in [0.25, 0.3) is 5.91 Å². The second-order valence-electron chi connectivity index (χ2n) is 6.22. The van der Waals surface area contributed by atoms with Gasteiger partial charge in [0.1, 0.15) is 11.6 Å². The standard InChI is InChI=1S/C19H24N4O2.2ClH/c1-25-17-8-7-15(12-16(17)20)22-19(24)14-6-9-18(21-13-14)23-10-4-2-3-5-11-23;;/h6-9,12-13H,2-5,10-11,20H2,1H3,(H,22,24);2*1H. The summed E-state index contributed by atoms with van der Waals surface area (Å²) in [5.41, 5.74) is 7.49. The van der Waals surface area contributed by atoms with Crippen LogP contribution in [-0.4, -0.2) is 31.1 Å². The molecule has 8 heteroatoms. The molecule has 1 saturated heterocycles. The van der Waals surface area contributed by atoms with E-state index in [1.807, 2.05) is 12.1 Å². The van der Waals surface area contributed by atoms with Crippen molar-refractivity contribution in [3.8, 4) is 5.75 Å². The van der Waals surface area contributed by atoms with Crippen molar-refractivity contribution in [2.75, 3.05) is 36.1 Å². The van der Waals surface area contributed by atoms with Crippen LogP contribution in [-0.2, 0) is 0 Å². The monoisotopic (exact) mass is 412 g/mol. The molecular weight excluding hydrogens is 387 g/mol. The van der Waals surface area contributed by atoms with Gasteiger partial charge in [-0.1, -0.05) is 12.8 Å². The molecule has 0 aliphatic carbocycles. The molecule has 0 atom stereocenters. The summed E-state index contributed by atoms with van der Waals surface area (Å²) in [5.74, 6) is 1.31. The largest absolute Gasteiger partial charge is 0.495 e. The number of amides is 1. The van der Waals surface area contributed by atoms with E-state index in [0.717, 1.165) is 18.9 Å². The molecule has 0 bridgehead atoms. The summed E-state index contributed by atoms with van der Waals surface area (Å²) in [7, 11) is 1.56. The van der Waals surface area contributed by atoms with Gasteiger partial charge in [0, 0.05) is 25.0 Å². The summed E-state index contributed by atoms with van der Waals surface area (Å²) in [6.07, 6.45) is 6.58. The number of carbonyl (C=O) groups excluding carboxylic acids is 1. The average molecular weight is 413 g/mol. The third-order valence-corrected chi connectivity index (χ3v) is 4.43. The molecule has 1 aromatic carbocycles. The van der Waals surface area contributed by atoms with Crippen molar-refractivity contribution in [3.63, 3.8) is 0 Å². The van der Waals surface area contributed by atoms with Crippen LogP contribution < -0.4 is 20.7 Å². The van der Waals surface area contributed by atoms with Crippen LogP contribution in [0.4, 0.5) is 17.2 Å². The molecule has 1 aliphatic heterocycles. The van der Waals surface area contributed by atoms with Gasteiger partial charge in [-0.25, -0.2) is 4.98 Å². The van der Waals surface area contributed by atoms with Crippen molar-refractivity contribution < 1.29 is 9.53 Å². The fourth-order valence-electron chi connectivity index (χ4n) is 3.02. The number of nitrogens with zero attached hydrogens (tertiary/aromatic N) is 2. The van der Waals surface area contributed by atoms with Crippen LogP contribution in [0.2, 0.25) is 0 Å². The molecule has 2 aromatic rings. The van der Waals surface area contributed by atoms with Crippen LogP contribution in [0.1, 0.15) is 36.0 Å². The number of rotatable bonds is 4. The fourth-order valence-corrected chi connectivity index (χ4v) is 3.02. The quantitative estimate of drug-likeness (QED) is 0.737. The topological polar surface area (TPSA) is 80.5 Å². The van der Waals surface area contributed by atoms with E-state index >= 15 is 0 Å². The highest BCUT2D eigenvalue weighted by Crippen LogP contribution is 2.25. The van der Waals surface area contributed by atoms with E-state index in [-0.39, 0.29) is 30.7 Å². The molecule has 0 spiro atoms. The highest BCUT2D eigenvalue weighted by molar-refractivity contribution is 6.04. The Morgan fingerprint density at radius 2 is 1.81 bits per heavy atom. The minimum atomic E-state index is -0.209. The summed E-state index contributed by atoms with van der Waals surface area (Å²) in [6.45, 7) is 2.06. The first-order valence-corrected chi connectivity index (χ1v) is 8.63. The van der Waals surface area contributed by atoms with Crippen LogP contribution in [0.3, 0.4) is 0 Å². The van der Waals surface area contributed by atoms with Gasteiger partial charge < -0.3 is 20.7 Å². The lowest BCUT2D eigenvalue weighted by Crippen LogP contribution is -2.25. The van der Waals surface area contributed by atoms with Crippen molar-refractivity contribution in [1.82, 2.24) is 4.98 Å². The highest BCUT2D eigenvalue weighted by atomic mass is 35.5.